The van der Waals surface area contributed by atoms with Crippen LogP contribution < -0.4 is 0 Å². The molecule has 1 saturated heterocycles. The molecule has 2 N–H and O–H groups in total. The quantitative estimate of drug-likeness (QED) is 0.268. The number of aldehydes is 1. The van der Waals surface area contributed by atoms with Crippen molar-refractivity contribution >= 4 is 51.3 Å². The van der Waals surface area contributed by atoms with Crippen LogP contribution in [0.3, 0.4) is 0 Å². The Morgan fingerprint density at radius 1 is 0.886 bits per heavy atom. The number of hydrogen-bond acceptors (Lipinski definition) is 5. The molecule has 3 rings (SSSR count). The van der Waals surface area contributed by atoms with Crippen molar-refractivity contribution in [1.82, 2.24) is 0 Å². The van der Waals surface area contributed by atoms with Gasteiger partial charge in [0.2, 0.25) is 0 Å². The van der Waals surface area contributed by atoms with Gasteiger partial charge in [0.15, 0.2) is 29.4 Å². The van der Waals surface area contributed by atoms with Gasteiger partial charge in [-0.25, -0.2) is 8.78 Å². The van der Waals surface area contributed by atoms with E-state index in [2.05, 4.69) is 45.7 Å². The van der Waals surface area contributed by atoms with E-state index in [-0.39, 0.29) is 18.7 Å². The molecular formula is C25H33BBr2F2O5. The molecule has 1 aliphatic heterocycles. The molecule has 0 atom stereocenters. The summed E-state index contributed by atoms with van der Waals surface area (Å²) in [4.78, 5) is 10.2. The lowest BCUT2D eigenvalue weighted by atomic mass is 9.89. The monoisotopic (exact) mass is 620 g/mol. The molecule has 2 aromatic rings. The smallest absolute Gasteiger partial charge is 0.487 e. The molecule has 5 nitrogen and oxygen atoms in total. The zero-order chi connectivity index (χ0) is 26.3. The molecule has 1 heterocycles. The summed E-state index contributed by atoms with van der Waals surface area (Å²) in [5.74, 6) is -0.809. The molecule has 2 aromatic carbocycles. The molecule has 0 aromatic heterocycles. The van der Waals surface area contributed by atoms with Crippen molar-refractivity contribution in [2.24, 2.45) is 0 Å². The van der Waals surface area contributed by atoms with Crippen molar-refractivity contribution < 1.29 is 33.1 Å². The lowest BCUT2D eigenvalue weighted by Crippen LogP contribution is -2.41. The Morgan fingerprint density at radius 3 is 1.66 bits per heavy atom. The number of halogens is 4. The first-order chi connectivity index (χ1) is 15.7. The predicted molar refractivity (Wildman–Crippen MR) is 145 cm³/mol. The van der Waals surface area contributed by atoms with Gasteiger partial charge in [0, 0.05) is 14.5 Å². The van der Waals surface area contributed by atoms with Gasteiger partial charge in [-0.3, -0.25) is 4.79 Å². The van der Waals surface area contributed by atoms with Crippen LogP contribution in [0.15, 0.2) is 39.2 Å². The Morgan fingerprint density at radius 2 is 1.26 bits per heavy atom. The highest BCUT2D eigenvalue weighted by Gasteiger charge is 2.50. The molecule has 1 fully saturated rings. The number of carbonyl (C=O) groups excluding carboxylic acids is 1. The van der Waals surface area contributed by atoms with Crippen molar-refractivity contribution in [1.29, 1.82) is 0 Å². The summed E-state index contributed by atoms with van der Waals surface area (Å²) in [5, 5.41) is 18.6. The molecule has 10 heteroatoms. The molecule has 0 aliphatic carbocycles. The molecule has 0 spiro atoms. The molecule has 0 bridgehead atoms. The van der Waals surface area contributed by atoms with Crippen LogP contribution in [-0.4, -0.2) is 34.8 Å². The molecular weight excluding hydrogens is 589 g/mol. The van der Waals surface area contributed by atoms with Gasteiger partial charge < -0.3 is 19.5 Å². The van der Waals surface area contributed by atoms with E-state index in [1.54, 1.807) is 18.1 Å². The number of benzene rings is 2. The van der Waals surface area contributed by atoms with Gasteiger partial charge in [-0.05, 0) is 52.0 Å². The summed E-state index contributed by atoms with van der Waals surface area (Å²) < 4.78 is 38.6. The van der Waals surface area contributed by atoms with E-state index in [0.717, 1.165) is 6.07 Å². The fourth-order valence-electron chi connectivity index (χ4n) is 2.54. The third kappa shape index (κ3) is 9.33. The van der Waals surface area contributed by atoms with E-state index >= 15 is 0 Å². The summed E-state index contributed by atoms with van der Waals surface area (Å²) >= 11 is 6.17. The topological polar surface area (TPSA) is 76.0 Å². The number of phenolic OH excluding ortho intramolecular Hbond substituents is 2. The molecule has 0 radical (unpaired) electrons. The number of phenols is 2. The van der Waals surface area contributed by atoms with Crippen LogP contribution >= 0.6 is 31.9 Å². The average molecular weight is 622 g/mol. The third-order valence-electron chi connectivity index (χ3n) is 4.95. The van der Waals surface area contributed by atoms with E-state index in [1.165, 1.54) is 18.6 Å². The van der Waals surface area contributed by atoms with Crippen LogP contribution in [0.1, 0.15) is 71.3 Å². The largest absolute Gasteiger partial charge is 0.504 e. The summed E-state index contributed by atoms with van der Waals surface area (Å²) in [5.41, 5.74) is -0.539. The maximum atomic E-state index is 13.4. The first-order valence-corrected chi connectivity index (χ1v) is 12.1. The lowest BCUT2D eigenvalue weighted by Gasteiger charge is -2.32. The fourth-order valence-corrected chi connectivity index (χ4v) is 3.43. The second-order valence-corrected chi connectivity index (χ2v) is 10.3. The Labute approximate surface area is 223 Å². The maximum Gasteiger partial charge on any atom is 0.487 e. The molecule has 194 valence electrons. The fraction of sp³-hybridized carbons (Fsp3) is 0.400. The first-order valence-electron chi connectivity index (χ1n) is 10.5. The van der Waals surface area contributed by atoms with E-state index in [0.29, 0.717) is 20.8 Å². The zero-order valence-electron chi connectivity index (χ0n) is 20.0. The number of carbonyl (C=O) groups is 1. The van der Waals surface area contributed by atoms with E-state index in [9.17, 15) is 18.7 Å². The van der Waals surface area contributed by atoms with Crippen molar-refractivity contribution in [2.45, 2.75) is 66.6 Å². The third-order valence-corrected chi connectivity index (χ3v) is 5.86. The normalized spacial score (nSPS) is 15.4. The summed E-state index contributed by atoms with van der Waals surface area (Å²) in [6, 6.07) is 5.26. The second-order valence-electron chi connectivity index (χ2n) is 8.46. The van der Waals surface area contributed by atoms with E-state index in [4.69, 9.17) is 14.4 Å². The summed E-state index contributed by atoms with van der Waals surface area (Å²) in [6.45, 7) is 12.1. The van der Waals surface area contributed by atoms with Gasteiger partial charge in [-0.15, -0.1) is 0 Å². The highest BCUT2D eigenvalue weighted by atomic mass is 79.9. The van der Waals surface area contributed by atoms with Gasteiger partial charge in [-0.1, -0.05) is 71.6 Å². The van der Waals surface area contributed by atoms with Crippen LogP contribution in [0.25, 0.3) is 6.08 Å². The van der Waals surface area contributed by atoms with E-state index < -0.39 is 35.7 Å². The minimum absolute atomic E-state index is 0. The van der Waals surface area contributed by atoms with Gasteiger partial charge >= 0.3 is 7.12 Å². The minimum atomic E-state index is -0.804. The van der Waals surface area contributed by atoms with Crippen LogP contribution in [0.5, 0.6) is 11.5 Å². The van der Waals surface area contributed by atoms with Crippen molar-refractivity contribution in [3.8, 4) is 11.5 Å². The summed E-state index contributed by atoms with van der Waals surface area (Å²) in [6.07, 6.45) is 3.23. The minimum Gasteiger partial charge on any atom is -0.504 e. The van der Waals surface area contributed by atoms with Gasteiger partial charge in [0.25, 0.3) is 0 Å². The second kappa shape index (κ2) is 14.1. The Bertz CT molecular complexity index is 1010. The van der Waals surface area contributed by atoms with Crippen molar-refractivity contribution in [3.05, 3.63) is 61.9 Å². The van der Waals surface area contributed by atoms with Gasteiger partial charge in [0.05, 0.1) is 16.8 Å². The molecule has 35 heavy (non-hydrogen) atoms. The Balaban J connectivity index is 0.000000653. The Hall–Kier alpha value is -1.75. The van der Waals surface area contributed by atoms with Crippen molar-refractivity contribution in [2.75, 3.05) is 0 Å². The average Bonchev–Trinajstić information content (AvgIpc) is 2.93. The van der Waals surface area contributed by atoms with Crippen molar-refractivity contribution in [3.63, 3.8) is 0 Å². The molecule has 0 unspecified atom stereocenters. The standard InChI is InChI=1S/C14H17BBrFO3.C7H4BrFO2.C3H8.CH4/c1-13(2)14(3,4)20-15(19-13)6-5-9-7-10(16)8-11(17)12(9)18;8-5-1-4(3-10)7(11)6(9)2-5;1-3-2;/h5-8,18H,1-4H3;1-3,11H;3H2,1-2H3;1H4/b6-5+;;;. The highest BCUT2D eigenvalue weighted by molar-refractivity contribution is 9.10. The molecule has 0 amide bonds. The molecule has 0 saturated carbocycles. The molecule has 1 aliphatic rings. The predicted octanol–water partition coefficient (Wildman–Crippen LogP) is 8.10. The van der Waals surface area contributed by atoms with E-state index in [1.807, 2.05) is 27.7 Å². The van der Waals surface area contributed by atoms with Gasteiger partial charge in [0.1, 0.15) is 0 Å². The van der Waals surface area contributed by atoms with Crippen LogP contribution in [0, 0.1) is 11.6 Å². The van der Waals surface area contributed by atoms with Crippen LogP contribution in [0.2, 0.25) is 0 Å². The van der Waals surface area contributed by atoms with Crippen LogP contribution in [-0.2, 0) is 9.31 Å². The number of rotatable bonds is 3. The number of aromatic hydroxyl groups is 2. The Kier molecular flexibility index (Phi) is 13.4. The first kappa shape index (κ1) is 33.3. The number of hydrogen-bond donors (Lipinski definition) is 2. The maximum absolute atomic E-state index is 13.4. The summed E-state index contributed by atoms with van der Waals surface area (Å²) in [7, 11) is -0.526. The van der Waals surface area contributed by atoms with Gasteiger partial charge in [-0.2, -0.15) is 0 Å². The lowest BCUT2D eigenvalue weighted by molar-refractivity contribution is 0.00578. The highest BCUT2D eigenvalue weighted by Crippen LogP contribution is 2.37. The zero-order valence-corrected chi connectivity index (χ0v) is 23.1. The SMILES string of the molecule is C.CC1(C)OB(/C=C/c2cc(Br)cc(F)c2O)OC1(C)C.CCC.O=Cc1cc(Br)cc(F)c1O. The van der Waals surface area contributed by atoms with Crippen LogP contribution in [0.4, 0.5) is 8.78 Å².